The van der Waals surface area contributed by atoms with Crippen molar-refractivity contribution in [1.29, 1.82) is 0 Å². The van der Waals surface area contributed by atoms with Crippen molar-refractivity contribution in [3.05, 3.63) is 39.3 Å². The summed E-state index contributed by atoms with van der Waals surface area (Å²) in [6.07, 6.45) is -4.50. The van der Waals surface area contributed by atoms with Crippen LogP contribution in [0.15, 0.2) is 18.2 Å². The first-order valence-electron chi connectivity index (χ1n) is 5.80. The van der Waals surface area contributed by atoms with Crippen molar-refractivity contribution in [2.24, 2.45) is 0 Å². The molecule has 2 N–H and O–H groups in total. The van der Waals surface area contributed by atoms with Crippen LogP contribution in [0.25, 0.3) is 0 Å². The Morgan fingerprint density at radius 2 is 2.00 bits per heavy atom. The minimum absolute atomic E-state index is 0.00629. The Labute approximate surface area is 118 Å². The van der Waals surface area contributed by atoms with Crippen molar-refractivity contribution >= 4 is 17.0 Å². The maximum Gasteiger partial charge on any atom is 0.420 e. The molecule has 108 valence electrons. The molecule has 1 aromatic heterocycles. The molecule has 0 saturated heterocycles. The van der Waals surface area contributed by atoms with Crippen LogP contribution in [0.5, 0.6) is 5.75 Å². The Morgan fingerprint density at radius 3 is 2.55 bits per heavy atom. The number of benzene rings is 1. The number of alkyl halides is 3. The van der Waals surface area contributed by atoms with E-state index in [0.717, 1.165) is 16.6 Å². The summed E-state index contributed by atoms with van der Waals surface area (Å²) in [5.74, 6) is -0.239. The Hall–Kier alpha value is -1.76. The molecule has 2 rings (SSSR count). The minimum Gasteiger partial charge on any atom is -0.486 e. The lowest BCUT2D eigenvalue weighted by molar-refractivity contribution is -0.139. The Kier molecular flexibility index (Phi) is 3.89. The number of aromatic nitrogens is 1. The molecular weight excluding hydrogens is 289 g/mol. The molecule has 0 aliphatic rings. The molecule has 7 heteroatoms. The van der Waals surface area contributed by atoms with Gasteiger partial charge in [-0.2, -0.15) is 13.2 Å². The van der Waals surface area contributed by atoms with Crippen molar-refractivity contribution in [2.45, 2.75) is 26.6 Å². The fraction of sp³-hybridized carbons (Fsp3) is 0.308. The van der Waals surface area contributed by atoms with E-state index in [-0.39, 0.29) is 18.0 Å². The monoisotopic (exact) mass is 302 g/mol. The number of ether oxygens (including phenoxy) is 1. The summed E-state index contributed by atoms with van der Waals surface area (Å²) in [5, 5.41) is 0.643. The van der Waals surface area contributed by atoms with Crippen molar-refractivity contribution in [3.63, 3.8) is 0 Å². The van der Waals surface area contributed by atoms with Crippen LogP contribution < -0.4 is 10.5 Å². The quantitative estimate of drug-likeness (QED) is 0.874. The highest BCUT2D eigenvalue weighted by atomic mass is 32.1. The largest absolute Gasteiger partial charge is 0.486 e. The third-order valence-corrected chi connectivity index (χ3v) is 3.78. The Bertz CT molecular complexity index is 603. The molecule has 0 saturated carbocycles. The first-order chi connectivity index (χ1) is 9.27. The molecule has 3 nitrogen and oxygen atoms in total. The normalized spacial score (nSPS) is 11.7. The van der Waals surface area contributed by atoms with E-state index < -0.39 is 11.7 Å². The van der Waals surface area contributed by atoms with Crippen LogP contribution in [0, 0.1) is 13.8 Å². The zero-order valence-corrected chi connectivity index (χ0v) is 11.7. The van der Waals surface area contributed by atoms with Gasteiger partial charge in [0.05, 0.1) is 11.3 Å². The van der Waals surface area contributed by atoms with Crippen molar-refractivity contribution < 1.29 is 17.9 Å². The van der Waals surface area contributed by atoms with Gasteiger partial charge in [0, 0.05) is 10.6 Å². The molecule has 0 unspecified atom stereocenters. The van der Waals surface area contributed by atoms with Crippen LogP contribution in [-0.4, -0.2) is 4.98 Å². The van der Waals surface area contributed by atoms with Gasteiger partial charge in [0.1, 0.15) is 17.4 Å². The van der Waals surface area contributed by atoms with E-state index >= 15 is 0 Å². The molecule has 0 atom stereocenters. The van der Waals surface area contributed by atoms with Gasteiger partial charge >= 0.3 is 6.18 Å². The van der Waals surface area contributed by atoms with Crippen LogP contribution >= 0.6 is 11.3 Å². The van der Waals surface area contributed by atoms with Gasteiger partial charge in [-0.25, -0.2) is 4.98 Å². The van der Waals surface area contributed by atoms with E-state index in [1.165, 1.54) is 23.5 Å². The molecule has 2 aromatic rings. The Morgan fingerprint density at radius 1 is 1.30 bits per heavy atom. The van der Waals surface area contributed by atoms with Gasteiger partial charge in [0.25, 0.3) is 0 Å². The van der Waals surface area contributed by atoms with Crippen LogP contribution in [0.4, 0.5) is 18.9 Å². The van der Waals surface area contributed by atoms with Gasteiger partial charge in [0.15, 0.2) is 0 Å². The van der Waals surface area contributed by atoms with E-state index in [0.29, 0.717) is 5.01 Å². The fourth-order valence-corrected chi connectivity index (χ4v) is 2.48. The van der Waals surface area contributed by atoms with Gasteiger partial charge in [-0.05, 0) is 32.0 Å². The van der Waals surface area contributed by atoms with Gasteiger partial charge in [-0.1, -0.05) is 0 Å². The SMILES string of the molecule is Cc1nc(COc2ccc(N)cc2C(F)(F)F)sc1C. The van der Waals surface area contributed by atoms with Crippen LogP contribution in [0.1, 0.15) is 21.1 Å². The smallest absolute Gasteiger partial charge is 0.420 e. The number of nitrogen functional groups attached to an aromatic ring is 1. The Balaban J connectivity index is 2.21. The second kappa shape index (κ2) is 5.32. The number of hydrogen-bond donors (Lipinski definition) is 1. The summed E-state index contributed by atoms with van der Waals surface area (Å²) in [6.45, 7) is 3.76. The third-order valence-electron chi connectivity index (χ3n) is 2.73. The highest BCUT2D eigenvalue weighted by Gasteiger charge is 2.34. The zero-order valence-electron chi connectivity index (χ0n) is 10.9. The first-order valence-corrected chi connectivity index (χ1v) is 6.61. The number of anilines is 1. The number of hydrogen-bond acceptors (Lipinski definition) is 4. The van der Waals surface area contributed by atoms with Crippen molar-refractivity contribution in [2.75, 3.05) is 5.73 Å². The lowest BCUT2D eigenvalue weighted by Gasteiger charge is -2.13. The molecule has 1 heterocycles. The molecule has 0 spiro atoms. The summed E-state index contributed by atoms with van der Waals surface area (Å²) in [6, 6.07) is 3.47. The van der Waals surface area contributed by atoms with E-state index in [9.17, 15) is 13.2 Å². The molecule has 0 amide bonds. The third kappa shape index (κ3) is 3.22. The number of nitrogens with zero attached hydrogens (tertiary/aromatic N) is 1. The maximum atomic E-state index is 12.9. The topological polar surface area (TPSA) is 48.1 Å². The highest BCUT2D eigenvalue weighted by molar-refractivity contribution is 7.11. The average Bonchev–Trinajstić information content (AvgIpc) is 2.66. The molecule has 0 aliphatic carbocycles. The van der Waals surface area contributed by atoms with E-state index in [2.05, 4.69) is 4.98 Å². The van der Waals surface area contributed by atoms with Crippen LogP contribution in [0.3, 0.4) is 0 Å². The van der Waals surface area contributed by atoms with Crippen LogP contribution in [0.2, 0.25) is 0 Å². The lowest BCUT2D eigenvalue weighted by atomic mass is 10.1. The average molecular weight is 302 g/mol. The number of halogens is 3. The van der Waals surface area contributed by atoms with Crippen LogP contribution in [-0.2, 0) is 12.8 Å². The molecular formula is C13H13F3N2OS. The second-order valence-electron chi connectivity index (χ2n) is 4.29. The number of nitrogens with two attached hydrogens (primary N) is 1. The summed E-state index contributed by atoms with van der Waals surface area (Å²) in [5.41, 5.74) is 5.43. The fourth-order valence-electron chi connectivity index (χ4n) is 1.64. The van der Waals surface area contributed by atoms with Gasteiger partial charge in [0.2, 0.25) is 0 Å². The predicted octanol–water partition coefficient (Wildman–Crippen LogP) is 3.94. The summed E-state index contributed by atoms with van der Waals surface area (Å²) < 4.78 is 43.9. The molecule has 0 bridgehead atoms. The lowest BCUT2D eigenvalue weighted by Crippen LogP contribution is -2.09. The molecule has 0 radical (unpaired) electrons. The maximum absolute atomic E-state index is 12.9. The van der Waals surface area contributed by atoms with Gasteiger partial charge < -0.3 is 10.5 Å². The predicted molar refractivity (Wildman–Crippen MR) is 71.8 cm³/mol. The van der Waals surface area contributed by atoms with Crippen molar-refractivity contribution in [1.82, 2.24) is 4.98 Å². The highest BCUT2D eigenvalue weighted by Crippen LogP contribution is 2.37. The van der Waals surface area contributed by atoms with E-state index in [1.54, 1.807) is 0 Å². The number of aryl methyl sites for hydroxylation is 2. The standard InChI is InChI=1S/C13H13F3N2OS/c1-7-8(2)20-12(18-7)6-19-11-4-3-9(17)5-10(11)13(14,15)16/h3-5H,6,17H2,1-2H3. The van der Waals surface area contributed by atoms with Crippen molar-refractivity contribution in [3.8, 4) is 5.75 Å². The first kappa shape index (κ1) is 14.6. The number of thiazole rings is 1. The summed E-state index contributed by atoms with van der Waals surface area (Å²) >= 11 is 1.41. The molecule has 0 aliphatic heterocycles. The second-order valence-corrected chi connectivity index (χ2v) is 5.58. The van der Waals surface area contributed by atoms with E-state index in [4.69, 9.17) is 10.5 Å². The number of rotatable bonds is 3. The molecule has 0 fully saturated rings. The summed E-state index contributed by atoms with van der Waals surface area (Å²) in [4.78, 5) is 5.25. The van der Waals surface area contributed by atoms with Gasteiger partial charge in [-0.15, -0.1) is 11.3 Å². The molecule has 20 heavy (non-hydrogen) atoms. The minimum atomic E-state index is -4.50. The van der Waals surface area contributed by atoms with E-state index in [1.807, 2.05) is 13.8 Å². The molecule has 1 aromatic carbocycles. The zero-order chi connectivity index (χ0) is 14.9. The summed E-state index contributed by atoms with van der Waals surface area (Å²) in [7, 11) is 0. The van der Waals surface area contributed by atoms with Gasteiger partial charge in [-0.3, -0.25) is 0 Å².